The lowest BCUT2D eigenvalue weighted by atomic mass is 10.1. The van der Waals surface area contributed by atoms with Gasteiger partial charge in [-0.25, -0.2) is 9.78 Å². The van der Waals surface area contributed by atoms with Crippen molar-refractivity contribution in [2.45, 2.75) is 26.9 Å². The van der Waals surface area contributed by atoms with Gasteiger partial charge in [-0.05, 0) is 24.2 Å². The zero-order chi connectivity index (χ0) is 18.8. The Morgan fingerprint density at radius 1 is 0.962 bits per heavy atom. The van der Waals surface area contributed by atoms with Gasteiger partial charge in [-0.3, -0.25) is 18.8 Å². The van der Waals surface area contributed by atoms with Crippen molar-refractivity contribution in [2.75, 3.05) is 13.1 Å². The van der Waals surface area contributed by atoms with Gasteiger partial charge in [0.1, 0.15) is 0 Å². The van der Waals surface area contributed by atoms with Crippen molar-refractivity contribution in [1.82, 2.24) is 23.6 Å². The molecule has 7 nitrogen and oxygen atoms in total. The fourth-order valence-electron chi connectivity index (χ4n) is 3.17. The molecule has 0 aliphatic rings. The van der Waals surface area contributed by atoms with Gasteiger partial charge in [0.25, 0.3) is 5.56 Å². The summed E-state index contributed by atoms with van der Waals surface area (Å²) in [5.41, 5.74) is 2.53. The summed E-state index contributed by atoms with van der Waals surface area (Å²) >= 11 is 0. The van der Waals surface area contributed by atoms with Crippen molar-refractivity contribution >= 4 is 11.2 Å². The Balaban J connectivity index is 1.90. The Morgan fingerprint density at radius 2 is 1.58 bits per heavy atom. The summed E-state index contributed by atoms with van der Waals surface area (Å²) in [6, 6.07) is 8.41. The number of aryl methyl sites for hydroxylation is 1. The van der Waals surface area contributed by atoms with Crippen molar-refractivity contribution in [3.05, 3.63) is 62.6 Å². The number of benzene rings is 1. The van der Waals surface area contributed by atoms with E-state index < -0.39 is 0 Å². The van der Waals surface area contributed by atoms with Crippen LogP contribution in [0, 0.1) is 0 Å². The third-order valence-electron chi connectivity index (χ3n) is 4.89. The van der Waals surface area contributed by atoms with Gasteiger partial charge in [-0.2, -0.15) is 0 Å². The summed E-state index contributed by atoms with van der Waals surface area (Å²) in [4.78, 5) is 31.1. The third kappa shape index (κ3) is 3.22. The smallest absolute Gasteiger partial charge is 0.320 e. The van der Waals surface area contributed by atoms with Gasteiger partial charge in [0.15, 0.2) is 11.2 Å². The van der Waals surface area contributed by atoms with Crippen molar-refractivity contribution < 1.29 is 0 Å². The van der Waals surface area contributed by atoms with Crippen LogP contribution >= 0.6 is 0 Å². The van der Waals surface area contributed by atoms with Crippen LogP contribution < -0.4 is 11.2 Å². The van der Waals surface area contributed by atoms with Crippen LogP contribution in [-0.2, 0) is 27.2 Å². The van der Waals surface area contributed by atoms with Gasteiger partial charge in [0.05, 0.1) is 6.33 Å². The van der Waals surface area contributed by atoms with E-state index in [0.717, 1.165) is 29.8 Å². The molecule has 3 rings (SSSR count). The summed E-state index contributed by atoms with van der Waals surface area (Å²) in [6.45, 7) is 7.85. The highest BCUT2D eigenvalue weighted by Crippen LogP contribution is 2.12. The maximum Gasteiger partial charge on any atom is 0.332 e. The van der Waals surface area contributed by atoms with Crippen molar-refractivity contribution in [2.24, 2.45) is 14.1 Å². The number of hydrogen-bond donors (Lipinski definition) is 0. The minimum absolute atomic E-state index is 0.321. The fraction of sp³-hybridized carbons (Fsp3) is 0.421. The third-order valence-corrected chi connectivity index (χ3v) is 4.89. The van der Waals surface area contributed by atoms with E-state index in [1.807, 2.05) is 0 Å². The highest BCUT2D eigenvalue weighted by molar-refractivity contribution is 5.70. The average molecular weight is 355 g/mol. The van der Waals surface area contributed by atoms with E-state index in [4.69, 9.17) is 0 Å². The van der Waals surface area contributed by atoms with E-state index >= 15 is 0 Å². The molecule has 3 aromatic rings. The maximum absolute atomic E-state index is 12.5. The molecule has 0 unspecified atom stereocenters. The first kappa shape index (κ1) is 18.1. The number of imidazole rings is 1. The first-order valence-corrected chi connectivity index (χ1v) is 8.87. The molecular formula is C19H25N5O2. The van der Waals surface area contributed by atoms with Crippen LogP contribution in [-0.4, -0.2) is 36.7 Å². The van der Waals surface area contributed by atoms with Gasteiger partial charge in [-0.1, -0.05) is 38.1 Å². The molecule has 0 fully saturated rings. The van der Waals surface area contributed by atoms with Crippen molar-refractivity contribution in [1.29, 1.82) is 0 Å². The Morgan fingerprint density at radius 3 is 2.19 bits per heavy atom. The van der Waals surface area contributed by atoms with Crippen LogP contribution in [0.4, 0.5) is 0 Å². The Hall–Kier alpha value is -2.67. The minimum Gasteiger partial charge on any atom is -0.320 e. The standard InChI is InChI=1S/C19H25N5O2/c1-5-23(6-2)11-14-7-9-15(10-8-14)12-24-13-20-17-16(24)18(25)22(4)19(26)21(17)3/h7-10,13H,5-6,11-12H2,1-4H3. The molecule has 0 amide bonds. The molecule has 26 heavy (non-hydrogen) atoms. The number of rotatable bonds is 6. The molecule has 2 heterocycles. The zero-order valence-electron chi connectivity index (χ0n) is 15.8. The van der Waals surface area contributed by atoms with Crippen LogP contribution in [0.25, 0.3) is 11.2 Å². The van der Waals surface area contributed by atoms with Crippen LogP contribution in [0.1, 0.15) is 25.0 Å². The van der Waals surface area contributed by atoms with E-state index in [2.05, 4.69) is 48.0 Å². The Bertz CT molecular complexity index is 1020. The second kappa shape index (κ2) is 7.29. The summed E-state index contributed by atoms with van der Waals surface area (Å²) in [5, 5.41) is 0. The SMILES string of the molecule is CCN(CC)Cc1ccc(Cn2cnc3c2c(=O)n(C)c(=O)n3C)cc1. The Kier molecular flexibility index (Phi) is 5.08. The van der Waals surface area contributed by atoms with Crippen molar-refractivity contribution in [3.63, 3.8) is 0 Å². The summed E-state index contributed by atoms with van der Waals surface area (Å²) in [5.74, 6) is 0. The van der Waals surface area contributed by atoms with Gasteiger partial charge in [0.2, 0.25) is 0 Å². The van der Waals surface area contributed by atoms with Crippen LogP contribution in [0.3, 0.4) is 0 Å². The second-order valence-corrected chi connectivity index (χ2v) is 6.53. The molecule has 0 aliphatic heterocycles. The van der Waals surface area contributed by atoms with Gasteiger partial charge >= 0.3 is 5.69 Å². The molecular weight excluding hydrogens is 330 g/mol. The molecule has 7 heteroatoms. The molecule has 0 N–H and O–H groups in total. The first-order chi connectivity index (χ1) is 12.5. The highest BCUT2D eigenvalue weighted by atomic mass is 16.2. The van der Waals surface area contributed by atoms with Gasteiger partial charge in [-0.15, -0.1) is 0 Å². The van der Waals surface area contributed by atoms with Crippen molar-refractivity contribution in [3.8, 4) is 0 Å². The van der Waals surface area contributed by atoms with Gasteiger partial charge in [0, 0.05) is 27.2 Å². The quantitative estimate of drug-likeness (QED) is 0.669. The molecule has 0 bridgehead atoms. The normalized spacial score (nSPS) is 11.6. The maximum atomic E-state index is 12.5. The lowest BCUT2D eigenvalue weighted by molar-refractivity contribution is 0.296. The predicted molar refractivity (Wildman–Crippen MR) is 102 cm³/mol. The van der Waals surface area contributed by atoms with E-state index in [0.29, 0.717) is 17.7 Å². The molecule has 2 aromatic heterocycles. The highest BCUT2D eigenvalue weighted by Gasteiger charge is 2.14. The number of nitrogens with zero attached hydrogens (tertiary/aromatic N) is 5. The zero-order valence-corrected chi connectivity index (χ0v) is 15.8. The number of fused-ring (bicyclic) bond motifs is 1. The monoisotopic (exact) mass is 355 g/mol. The summed E-state index contributed by atoms with van der Waals surface area (Å²) in [6.07, 6.45) is 1.62. The number of hydrogen-bond acceptors (Lipinski definition) is 4. The topological polar surface area (TPSA) is 65.1 Å². The van der Waals surface area contributed by atoms with Crippen LogP contribution in [0.15, 0.2) is 40.2 Å². The molecule has 138 valence electrons. The molecule has 1 aromatic carbocycles. The van der Waals surface area contributed by atoms with Gasteiger partial charge < -0.3 is 4.57 Å². The molecule has 0 atom stereocenters. The summed E-state index contributed by atoms with van der Waals surface area (Å²) in [7, 11) is 3.12. The second-order valence-electron chi connectivity index (χ2n) is 6.53. The minimum atomic E-state index is -0.367. The first-order valence-electron chi connectivity index (χ1n) is 8.87. The summed E-state index contributed by atoms with van der Waals surface area (Å²) < 4.78 is 4.32. The number of aromatic nitrogens is 4. The van der Waals surface area contributed by atoms with Crippen LogP contribution in [0.2, 0.25) is 0 Å². The molecule has 0 radical (unpaired) electrons. The van der Waals surface area contributed by atoms with E-state index in [1.165, 1.54) is 17.2 Å². The van der Waals surface area contributed by atoms with E-state index in [1.54, 1.807) is 17.9 Å². The fourth-order valence-corrected chi connectivity index (χ4v) is 3.17. The Labute approximate surface area is 152 Å². The predicted octanol–water partition coefficient (Wildman–Crippen LogP) is 1.32. The lowest BCUT2D eigenvalue weighted by Crippen LogP contribution is -2.37. The van der Waals surface area contributed by atoms with Crippen LogP contribution in [0.5, 0.6) is 0 Å². The molecule has 0 saturated carbocycles. The van der Waals surface area contributed by atoms with E-state index in [-0.39, 0.29) is 11.2 Å². The largest absolute Gasteiger partial charge is 0.332 e. The van der Waals surface area contributed by atoms with E-state index in [9.17, 15) is 9.59 Å². The molecule has 0 spiro atoms. The lowest BCUT2D eigenvalue weighted by Gasteiger charge is -2.18. The molecule has 0 saturated heterocycles. The molecule has 0 aliphatic carbocycles. The average Bonchev–Trinajstić information content (AvgIpc) is 3.07.